The zero-order valence-electron chi connectivity index (χ0n) is 10.2. The van der Waals surface area contributed by atoms with Gasteiger partial charge in [0.1, 0.15) is 5.75 Å². The standard InChI is InChI=1S/C12H18N2O3/c1-12(16-5-6-17-12)10-7-9(15-2)8-14-11(10)3-4-13/h7-8H,3-6,13H2,1-2H3. The van der Waals surface area contributed by atoms with E-state index in [0.717, 1.165) is 11.3 Å². The molecule has 1 aliphatic rings. The zero-order valence-corrected chi connectivity index (χ0v) is 10.2. The van der Waals surface area contributed by atoms with E-state index < -0.39 is 5.79 Å². The molecular weight excluding hydrogens is 220 g/mol. The highest BCUT2D eigenvalue weighted by Crippen LogP contribution is 2.34. The Morgan fingerprint density at radius 3 is 2.76 bits per heavy atom. The fraction of sp³-hybridized carbons (Fsp3) is 0.583. The van der Waals surface area contributed by atoms with E-state index in [1.54, 1.807) is 13.3 Å². The maximum atomic E-state index is 5.65. The number of hydrogen-bond donors (Lipinski definition) is 1. The molecule has 94 valence electrons. The molecule has 0 aliphatic carbocycles. The molecule has 1 fully saturated rings. The Labute approximate surface area is 101 Å². The van der Waals surface area contributed by atoms with Gasteiger partial charge in [-0.3, -0.25) is 4.98 Å². The van der Waals surface area contributed by atoms with Gasteiger partial charge in [0.15, 0.2) is 5.79 Å². The number of hydrogen-bond acceptors (Lipinski definition) is 5. The molecule has 17 heavy (non-hydrogen) atoms. The van der Waals surface area contributed by atoms with Crippen LogP contribution in [0, 0.1) is 0 Å². The van der Waals surface area contributed by atoms with E-state index in [1.807, 2.05) is 13.0 Å². The van der Waals surface area contributed by atoms with Gasteiger partial charge >= 0.3 is 0 Å². The second-order valence-corrected chi connectivity index (χ2v) is 4.05. The summed E-state index contributed by atoms with van der Waals surface area (Å²) in [6, 6.07) is 1.91. The Morgan fingerprint density at radius 1 is 1.47 bits per heavy atom. The first-order chi connectivity index (χ1) is 8.19. The van der Waals surface area contributed by atoms with Crippen LogP contribution >= 0.6 is 0 Å². The highest BCUT2D eigenvalue weighted by molar-refractivity contribution is 5.33. The maximum Gasteiger partial charge on any atom is 0.193 e. The third kappa shape index (κ3) is 2.41. The average molecular weight is 238 g/mol. The van der Waals surface area contributed by atoms with Gasteiger partial charge in [-0.25, -0.2) is 0 Å². The molecule has 0 aromatic carbocycles. The smallest absolute Gasteiger partial charge is 0.193 e. The van der Waals surface area contributed by atoms with Crippen LogP contribution < -0.4 is 10.5 Å². The van der Waals surface area contributed by atoms with Crippen molar-refractivity contribution < 1.29 is 14.2 Å². The minimum Gasteiger partial charge on any atom is -0.495 e. The van der Waals surface area contributed by atoms with Crippen LogP contribution in [-0.2, 0) is 21.7 Å². The molecule has 2 rings (SSSR count). The number of ether oxygens (including phenoxy) is 3. The van der Waals surface area contributed by atoms with Crippen LogP contribution in [0.25, 0.3) is 0 Å². The predicted octanol–water partition coefficient (Wildman–Crippen LogP) is 0.811. The molecule has 1 aliphatic heterocycles. The molecule has 0 amide bonds. The summed E-state index contributed by atoms with van der Waals surface area (Å²) in [5.74, 6) is -0.0347. The number of nitrogens with two attached hydrogens (primary N) is 1. The summed E-state index contributed by atoms with van der Waals surface area (Å²) in [7, 11) is 1.61. The second kappa shape index (κ2) is 5.00. The summed E-state index contributed by atoms with van der Waals surface area (Å²) in [6.45, 7) is 3.63. The summed E-state index contributed by atoms with van der Waals surface area (Å²) < 4.78 is 16.5. The third-order valence-electron chi connectivity index (χ3n) is 2.89. The molecule has 0 saturated carbocycles. The molecule has 1 aromatic heterocycles. The van der Waals surface area contributed by atoms with Crippen LogP contribution in [0.2, 0.25) is 0 Å². The van der Waals surface area contributed by atoms with Crippen LogP contribution in [0.4, 0.5) is 0 Å². The fourth-order valence-electron chi connectivity index (χ4n) is 1.98. The summed E-state index contributed by atoms with van der Waals surface area (Å²) in [6.07, 6.45) is 2.38. The van der Waals surface area contributed by atoms with Gasteiger partial charge in [-0.15, -0.1) is 0 Å². The van der Waals surface area contributed by atoms with Gasteiger partial charge in [0.25, 0.3) is 0 Å². The number of aromatic nitrogens is 1. The third-order valence-corrected chi connectivity index (χ3v) is 2.89. The van der Waals surface area contributed by atoms with Crippen molar-refractivity contribution in [1.82, 2.24) is 4.98 Å². The van der Waals surface area contributed by atoms with E-state index in [4.69, 9.17) is 19.9 Å². The second-order valence-electron chi connectivity index (χ2n) is 4.05. The Balaban J connectivity index is 2.40. The highest BCUT2D eigenvalue weighted by atomic mass is 16.7. The lowest BCUT2D eigenvalue weighted by molar-refractivity contribution is -0.150. The van der Waals surface area contributed by atoms with Crippen molar-refractivity contribution in [3.05, 3.63) is 23.5 Å². The van der Waals surface area contributed by atoms with Crippen LogP contribution in [0.1, 0.15) is 18.2 Å². The molecule has 1 aromatic rings. The SMILES string of the molecule is COc1cnc(CCN)c(C2(C)OCCO2)c1. The van der Waals surface area contributed by atoms with Crippen LogP contribution in [0.15, 0.2) is 12.3 Å². The molecule has 2 N–H and O–H groups in total. The van der Waals surface area contributed by atoms with Gasteiger partial charge in [-0.05, 0) is 19.5 Å². The minimum atomic E-state index is -0.730. The lowest BCUT2D eigenvalue weighted by atomic mass is 10.0. The molecule has 0 bridgehead atoms. The highest BCUT2D eigenvalue weighted by Gasteiger charge is 2.35. The number of rotatable bonds is 4. The Hall–Kier alpha value is -1.17. The Kier molecular flexibility index (Phi) is 3.61. The van der Waals surface area contributed by atoms with Crippen LogP contribution in [0.3, 0.4) is 0 Å². The number of methoxy groups -OCH3 is 1. The van der Waals surface area contributed by atoms with Crippen molar-refractivity contribution in [2.75, 3.05) is 26.9 Å². The number of nitrogens with zero attached hydrogens (tertiary/aromatic N) is 1. The molecule has 2 heterocycles. The summed E-state index contributed by atoms with van der Waals surface area (Å²) in [4.78, 5) is 4.36. The first-order valence-corrected chi connectivity index (χ1v) is 5.71. The lowest BCUT2D eigenvalue weighted by Gasteiger charge is -2.25. The van der Waals surface area contributed by atoms with Gasteiger partial charge in [0.2, 0.25) is 0 Å². The predicted molar refractivity (Wildman–Crippen MR) is 62.8 cm³/mol. The lowest BCUT2D eigenvalue weighted by Crippen LogP contribution is -2.25. The van der Waals surface area contributed by atoms with E-state index in [-0.39, 0.29) is 0 Å². The molecule has 0 radical (unpaired) electrons. The average Bonchev–Trinajstić information content (AvgIpc) is 2.78. The molecule has 5 heteroatoms. The molecule has 5 nitrogen and oxygen atoms in total. The van der Waals surface area contributed by atoms with Gasteiger partial charge in [0, 0.05) is 12.0 Å². The molecule has 0 atom stereocenters. The quantitative estimate of drug-likeness (QED) is 0.840. The van der Waals surface area contributed by atoms with Crippen molar-refractivity contribution in [3.8, 4) is 5.75 Å². The van der Waals surface area contributed by atoms with Crippen molar-refractivity contribution in [2.45, 2.75) is 19.1 Å². The van der Waals surface area contributed by atoms with E-state index in [2.05, 4.69) is 4.98 Å². The Morgan fingerprint density at radius 2 is 2.18 bits per heavy atom. The normalized spacial score (nSPS) is 18.3. The van der Waals surface area contributed by atoms with Gasteiger partial charge in [-0.2, -0.15) is 0 Å². The largest absolute Gasteiger partial charge is 0.495 e. The monoisotopic (exact) mass is 238 g/mol. The molecule has 0 spiro atoms. The van der Waals surface area contributed by atoms with E-state index in [0.29, 0.717) is 31.9 Å². The fourth-order valence-corrected chi connectivity index (χ4v) is 1.98. The zero-order chi connectivity index (χ0) is 12.3. The summed E-state index contributed by atoms with van der Waals surface area (Å²) in [5.41, 5.74) is 7.39. The van der Waals surface area contributed by atoms with Crippen molar-refractivity contribution in [1.29, 1.82) is 0 Å². The van der Waals surface area contributed by atoms with Crippen LogP contribution in [0.5, 0.6) is 5.75 Å². The van der Waals surface area contributed by atoms with Crippen molar-refractivity contribution in [2.24, 2.45) is 5.73 Å². The topological polar surface area (TPSA) is 66.6 Å². The van der Waals surface area contributed by atoms with E-state index in [1.165, 1.54) is 0 Å². The minimum absolute atomic E-state index is 0.544. The van der Waals surface area contributed by atoms with Gasteiger partial charge in [0.05, 0.1) is 32.2 Å². The van der Waals surface area contributed by atoms with Gasteiger partial charge in [-0.1, -0.05) is 0 Å². The maximum absolute atomic E-state index is 5.65. The van der Waals surface area contributed by atoms with Gasteiger partial charge < -0.3 is 19.9 Å². The van der Waals surface area contributed by atoms with Crippen LogP contribution in [-0.4, -0.2) is 31.9 Å². The summed E-state index contributed by atoms with van der Waals surface area (Å²) in [5, 5.41) is 0. The van der Waals surface area contributed by atoms with E-state index in [9.17, 15) is 0 Å². The van der Waals surface area contributed by atoms with Crippen molar-refractivity contribution >= 4 is 0 Å². The first-order valence-electron chi connectivity index (χ1n) is 5.71. The molecule has 1 saturated heterocycles. The number of pyridine rings is 1. The first kappa shape index (κ1) is 12.3. The Bertz CT molecular complexity index is 389. The summed E-state index contributed by atoms with van der Waals surface area (Å²) >= 11 is 0. The van der Waals surface area contributed by atoms with Crippen molar-refractivity contribution in [3.63, 3.8) is 0 Å². The molecule has 0 unspecified atom stereocenters. The van der Waals surface area contributed by atoms with E-state index >= 15 is 0 Å². The molecular formula is C12H18N2O3.